The Bertz CT molecular complexity index is 1020. The van der Waals surface area contributed by atoms with E-state index < -0.39 is 6.03 Å². The van der Waals surface area contributed by atoms with Crippen molar-refractivity contribution in [1.82, 2.24) is 10.3 Å². The van der Waals surface area contributed by atoms with Gasteiger partial charge in [0.25, 0.3) is 11.8 Å². The summed E-state index contributed by atoms with van der Waals surface area (Å²) in [6.07, 6.45) is 3.06. The number of nitrogens with zero attached hydrogens (tertiary/aromatic N) is 1. The van der Waals surface area contributed by atoms with Crippen molar-refractivity contribution < 1.29 is 14.4 Å². The molecule has 1 heterocycles. The molecule has 2 aromatic carbocycles. The highest BCUT2D eigenvalue weighted by atomic mass is 16.2. The van der Waals surface area contributed by atoms with Crippen molar-refractivity contribution in [2.24, 2.45) is 5.73 Å². The highest BCUT2D eigenvalue weighted by molar-refractivity contribution is 6.04. The Hall–Kier alpha value is -4.20. The van der Waals surface area contributed by atoms with Gasteiger partial charge >= 0.3 is 6.03 Å². The zero-order valence-corrected chi connectivity index (χ0v) is 15.4. The lowest BCUT2D eigenvalue weighted by Gasteiger charge is -2.09. The number of anilines is 2. The van der Waals surface area contributed by atoms with Gasteiger partial charge < -0.3 is 21.7 Å². The molecule has 0 bridgehead atoms. The Morgan fingerprint density at radius 1 is 0.828 bits per heavy atom. The average molecular weight is 389 g/mol. The molecule has 0 aliphatic heterocycles. The van der Waals surface area contributed by atoms with Crippen LogP contribution in [0.5, 0.6) is 0 Å². The summed E-state index contributed by atoms with van der Waals surface area (Å²) in [6.45, 7) is 0.307. The van der Waals surface area contributed by atoms with Crippen molar-refractivity contribution in [1.29, 1.82) is 0 Å². The van der Waals surface area contributed by atoms with E-state index in [2.05, 4.69) is 20.9 Å². The fourth-order valence-corrected chi connectivity index (χ4v) is 2.57. The second-order valence-electron chi connectivity index (χ2n) is 6.15. The van der Waals surface area contributed by atoms with Gasteiger partial charge in [-0.05, 0) is 48.0 Å². The number of pyridine rings is 1. The first-order valence-corrected chi connectivity index (χ1v) is 8.76. The van der Waals surface area contributed by atoms with E-state index in [9.17, 15) is 14.4 Å². The van der Waals surface area contributed by atoms with Crippen LogP contribution in [-0.4, -0.2) is 22.8 Å². The van der Waals surface area contributed by atoms with E-state index in [4.69, 9.17) is 5.73 Å². The van der Waals surface area contributed by atoms with Crippen LogP contribution in [0.3, 0.4) is 0 Å². The van der Waals surface area contributed by atoms with Crippen LogP contribution in [0.2, 0.25) is 0 Å². The van der Waals surface area contributed by atoms with Crippen LogP contribution in [0.1, 0.15) is 26.3 Å². The summed E-state index contributed by atoms with van der Waals surface area (Å²) in [4.78, 5) is 39.4. The normalized spacial score (nSPS) is 10.1. The number of amides is 4. The number of carbonyl (C=O) groups is 3. The van der Waals surface area contributed by atoms with Crippen LogP contribution < -0.4 is 21.7 Å². The van der Waals surface area contributed by atoms with Crippen LogP contribution in [0.4, 0.5) is 16.2 Å². The SMILES string of the molecule is NC(=O)Nc1ccc(CNC(=O)c2cccc(NC(=O)c3cccnc3)c2)cc1. The number of nitrogens with two attached hydrogens (primary N) is 1. The minimum Gasteiger partial charge on any atom is -0.351 e. The molecule has 0 saturated heterocycles. The third kappa shape index (κ3) is 5.64. The molecule has 4 amide bonds. The second kappa shape index (κ2) is 9.14. The zero-order chi connectivity index (χ0) is 20.6. The number of primary amides is 1. The number of rotatable bonds is 6. The summed E-state index contributed by atoms with van der Waals surface area (Å²) in [5, 5.41) is 8.03. The van der Waals surface area contributed by atoms with E-state index in [1.54, 1.807) is 66.9 Å². The first-order chi connectivity index (χ1) is 14.0. The monoisotopic (exact) mass is 389 g/mol. The molecule has 8 heteroatoms. The predicted octanol–water partition coefficient (Wildman–Crippen LogP) is 2.75. The molecule has 0 saturated carbocycles. The molecule has 29 heavy (non-hydrogen) atoms. The maximum absolute atomic E-state index is 12.4. The van der Waals surface area contributed by atoms with Crippen LogP contribution >= 0.6 is 0 Å². The van der Waals surface area contributed by atoms with Crippen molar-refractivity contribution >= 4 is 29.2 Å². The summed E-state index contributed by atoms with van der Waals surface area (Å²) in [6, 6.07) is 16.3. The molecule has 3 aromatic rings. The second-order valence-corrected chi connectivity index (χ2v) is 6.15. The van der Waals surface area contributed by atoms with Gasteiger partial charge in [0.15, 0.2) is 0 Å². The fraction of sp³-hybridized carbons (Fsp3) is 0.0476. The van der Waals surface area contributed by atoms with Gasteiger partial charge in [-0.25, -0.2) is 4.79 Å². The molecule has 8 nitrogen and oxygen atoms in total. The van der Waals surface area contributed by atoms with Crippen LogP contribution in [0.25, 0.3) is 0 Å². The first kappa shape index (κ1) is 19.6. The molecule has 1 aromatic heterocycles. The van der Waals surface area contributed by atoms with Crippen molar-refractivity contribution in [2.45, 2.75) is 6.54 Å². The number of carbonyl (C=O) groups excluding carboxylic acids is 3. The molecule has 5 N–H and O–H groups in total. The highest BCUT2D eigenvalue weighted by Gasteiger charge is 2.09. The lowest BCUT2D eigenvalue weighted by molar-refractivity contribution is 0.0949. The summed E-state index contributed by atoms with van der Waals surface area (Å²) in [5.74, 6) is -0.581. The molecular formula is C21H19N5O3. The largest absolute Gasteiger partial charge is 0.351 e. The van der Waals surface area contributed by atoms with Gasteiger partial charge in [0.2, 0.25) is 0 Å². The Morgan fingerprint density at radius 3 is 2.28 bits per heavy atom. The molecule has 0 fully saturated rings. The van der Waals surface area contributed by atoms with E-state index >= 15 is 0 Å². The third-order valence-corrected chi connectivity index (χ3v) is 3.98. The number of hydrogen-bond acceptors (Lipinski definition) is 4. The number of hydrogen-bond donors (Lipinski definition) is 4. The molecular weight excluding hydrogens is 370 g/mol. The molecule has 0 unspecified atom stereocenters. The zero-order valence-electron chi connectivity index (χ0n) is 15.4. The van der Waals surface area contributed by atoms with E-state index in [1.165, 1.54) is 6.20 Å². The number of urea groups is 1. The fourth-order valence-electron chi connectivity index (χ4n) is 2.57. The van der Waals surface area contributed by atoms with Crippen LogP contribution in [0, 0.1) is 0 Å². The van der Waals surface area contributed by atoms with Crippen molar-refractivity contribution in [3.8, 4) is 0 Å². The van der Waals surface area contributed by atoms with Crippen LogP contribution in [0.15, 0.2) is 73.1 Å². The lowest BCUT2D eigenvalue weighted by Crippen LogP contribution is -2.23. The summed E-state index contributed by atoms with van der Waals surface area (Å²) >= 11 is 0. The smallest absolute Gasteiger partial charge is 0.316 e. The molecule has 0 aliphatic rings. The minimum atomic E-state index is -0.637. The van der Waals surface area contributed by atoms with E-state index in [0.717, 1.165) is 5.56 Å². The quantitative estimate of drug-likeness (QED) is 0.517. The number of aromatic nitrogens is 1. The van der Waals surface area contributed by atoms with E-state index in [0.29, 0.717) is 29.0 Å². The lowest BCUT2D eigenvalue weighted by atomic mass is 10.1. The van der Waals surface area contributed by atoms with Gasteiger partial charge in [0.05, 0.1) is 5.56 Å². The van der Waals surface area contributed by atoms with Gasteiger partial charge in [0, 0.05) is 35.9 Å². The van der Waals surface area contributed by atoms with Gasteiger partial charge in [-0.2, -0.15) is 0 Å². The molecule has 0 aliphatic carbocycles. The third-order valence-electron chi connectivity index (χ3n) is 3.98. The van der Waals surface area contributed by atoms with Gasteiger partial charge in [0.1, 0.15) is 0 Å². The molecule has 3 rings (SSSR count). The molecule has 146 valence electrons. The molecule has 0 atom stereocenters. The first-order valence-electron chi connectivity index (χ1n) is 8.76. The molecule has 0 radical (unpaired) electrons. The van der Waals surface area contributed by atoms with Crippen LogP contribution in [-0.2, 0) is 6.54 Å². The van der Waals surface area contributed by atoms with Gasteiger partial charge in [-0.3, -0.25) is 14.6 Å². The van der Waals surface area contributed by atoms with Gasteiger partial charge in [-0.15, -0.1) is 0 Å². The van der Waals surface area contributed by atoms with Gasteiger partial charge in [-0.1, -0.05) is 18.2 Å². The average Bonchev–Trinajstić information content (AvgIpc) is 2.73. The summed E-state index contributed by atoms with van der Waals surface area (Å²) < 4.78 is 0. The maximum Gasteiger partial charge on any atom is 0.316 e. The molecule has 0 spiro atoms. The highest BCUT2D eigenvalue weighted by Crippen LogP contribution is 2.13. The Balaban J connectivity index is 1.59. The Kier molecular flexibility index (Phi) is 6.16. The minimum absolute atomic E-state index is 0.276. The number of nitrogens with one attached hydrogen (secondary N) is 3. The number of benzene rings is 2. The Labute approximate surface area is 167 Å². The summed E-state index contributed by atoms with van der Waals surface area (Å²) in [7, 11) is 0. The van der Waals surface area contributed by atoms with Crippen molar-refractivity contribution in [3.05, 3.63) is 89.7 Å². The maximum atomic E-state index is 12.4. The van der Waals surface area contributed by atoms with E-state index in [-0.39, 0.29) is 11.8 Å². The standard InChI is InChI=1S/C21H19N5O3/c22-21(29)26-17-8-6-14(7-9-17)12-24-19(27)15-3-1-5-18(11-15)25-20(28)16-4-2-10-23-13-16/h1-11,13H,12H2,(H,24,27)(H,25,28)(H3,22,26,29). The predicted molar refractivity (Wildman–Crippen MR) is 109 cm³/mol. The topological polar surface area (TPSA) is 126 Å². The Morgan fingerprint density at radius 2 is 1.59 bits per heavy atom. The summed E-state index contributed by atoms with van der Waals surface area (Å²) in [5.41, 5.74) is 7.85. The van der Waals surface area contributed by atoms with Crippen molar-refractivity contribution in [2.75, 3.05) is 10.6 Å². The van der Waals surface area contributed by atoms with Crippen molar-refractivity contribution in [3.63, 3.8) is 0 Å². The van der Waals surface area contributed by atoms with E-state index in [1.807, 2.05) is 0 Å².